The van der Waals surface area contributed by atoms with E-state index in [-0.39, 0.29) is 39.1 Å². The molecule has 6 rings (SSSR count). The molecular weight excluding hydrogens is 1140 g/mol. The summed E-state index contributed by atoms with van der Waals surface area (Å²) in [5, 5.41) is 26.5. The van der Waals surface area contributed by atoms with Crippen molar-refractivity contribution in [1.82, 2.24) is 0 Å². The molecule has 0 N–H and O–H groups in total. The Morgan fingerprint density at radius 3 is 0.675 bits per heavy atom. The largest absolute Gasteiger partial charge is 2.00 e. The van der Waals surface area contributed by atoms with Gasteiger partial charge in [-0.25, -0.2) is 0 Å². The van der Waals surface area contributed by atoms with Crippen LogP contribution in [0.15, 0.2) is 182 Å². The number of carboxylic acids is 2. The van der Waals surface area contributed by atoms with Crippen molar-refractivity contribution in [3.8, 4) is 0 Å². The summed E-state index contributed by atoms with van der Waals surface area (Å²) in [6.07, 6.45) is 35.4. The Bertz CT molecular complexity index is 2130. The van der Waals surface area contributed by atoms with Gasteiger partial charge in [-0.1, -0.05) is 363 Å². The standard InChI is InChI=1S/2C36H48O2.Pb/c2*1-2-3-4-5-6-7-8-9-10-11-12-13-23-30-34(31-24-17-14-18-25-31)36(35(37)38,32-26-19-15-20-27-32)33-28-21-16-22-29-33;/h2*14-22,24-29,34H,2-13,23,30H2,1H3,(H,37,38);/q;;+2/p-2. The predicted molar refractivity (Wildman–Crippen MR) is 322 cm³/mol. The van der Waals surface area contributed by atoms with Gasteiger partial charge in [-0.05, 0) is 46.2 Å². The van der Waals surface area contributed by atoms with Gasteiger partial charge in [0.2, 0.25) is 0 Å². The molecular formula is C72H94O4Pb. The van der Waals surface area contributed by atoms with E-state index in [1.165, 1.54) is 141 Å². The SMILES string of the molecule is CCCCCCCCCCCCCCCC(c1ccccc1)C(C(=O)[O-])(c1ccccc1)c1ccccc1.CCCCCCCCCCCCCCCC(c1ccccc1)C(C(=O)[O-])(c1ccccc1)c1ccccc1.[Pb+2]. The molecule has 410 valence electrons. The topological polar surface area (TPSA) is 80.3 Å². The van der Waals surface area contributed by atoms with Crippen LogP contribution in [-0.4, -0.2) is 39.2 Å². The molecule has 0 heterocycles. The van der Waals surface area contributed by atoms with Crippen LogP contribution in [0.3, 0.4) is 0 Å². The predicted octanol–water partition coefficient (Wildman–Crippen LogP) is 17.6. The third-order valence-electron chi connectivity index (χ3n) is 16.2. The van der Waals surface area contributed by atoms with Crippen molar-refractivity contribution in [2.45, 2.75) is 216 Å². The maximum Gasteiger partial charge on any atom is 2.00 e. The molecule has 4 nitrogen and oxygen atoms in total. The van der Waals surface area contributed by atoms with Gasteiger partial charge in [-0.3, -0.25) is 0 Å². The monoisotopic (exact) mass is 1230 g/mol. The quantitative estimate of drug-likeness (QED) is 0.0286. The van der Waals surface area contributed by atoms with Gasteiger partial charge >= 0.3 is 27.3 Å². The molecule has 0 saturated carbocycles. The number of carbonyl (C=O) groups excluding carboxylic acids is 2. The third-order valence-corrected chi connectivity index (χ3v) is 16.2. The molecule has 6 aromatic rings. The van der Waals surface area contributed by atoms with E-state index >= 15 is 0 Å². The number of carbonyl (C=O) groups is 2. The van der Waals surface area contributed by atoms with Crippen molar-refractivity contribution in [2.24, 2.45) is 0 Å². The molecule has 0 saturated heterocycles. The minimum atomic E-state index is -1.25. The van der Waals surface area contributed by atoms with Crippen molar-refractivity contribution in [2.75, 3.05) is 0 Å². The second kappa shape index (κ2) is 38.7. The van der Waals surface area contributed by atoms with Gasteiger partial charge in [0.1, 0.15) is 0 Å². The van der Waals surface area contributed by atoms with Crippen LogP contribution in [0.2, 0.25) is 0 Å². The average Bonchev–Trinajstić information content (AvgIpc) is 3.51. The van der Waals surface area contributed by atoms with Gasteiger partial charge in [0.15, 0.2) is 0 Å². The van der Waals surface area contributed by atoms with Gasteiger partial charge in [-0.15, -0.1) is 0 Å². The summed E-state index contributed by atoms with van der Waals surface area (Å²) in [6, 6.07) is 59.2. The van der Waals surface area contributed by atoms with Crippen LogP contribution >= 0.6 is 0 Å². The smallest absolute Gasteiger partial charge is 0.549 e. The van der Waals surface area contributed by atoms with E-state index < -0.39 is 22.8 Å². The van der Waals surface area contributed by atoms with Crippen molar-refractivity contribution >= 4 is 39.2 Å². The first-order valence-corrected chi connectivity index (χ1v) is 30.2. The Morgan fingerprint density at radius 2 is 0.481 bits per heavy atom. The van der Waals surface area contributed by atoms with E-state index in [2.05, 4.69) is 38.1 Å². The molecule has 77 heavy (non-hydrogen) atoms. The summed E-state index contributed by atoms with van der Waals surface area (Å²) in [4.78, 5) is 26.5. The summed E-state index contributed by atoms with van der Waals surface area (Å²) in [5.74, 6) is -2.49. The molecule has 0 amide bonds. The van der Waals surface area contributed by atoms with E-state index in [0.29, 0.717) is 0 Å². The number of benzene rings is 6. The van der Waals surface area contributed by atoms with Gasteiger partial charge in [-0.2, -0.15) is 0 Å². The average molecular weight is 1230 g/mol. The number of hydrogen-bond donors (Lipinski definition) is 0. The van der Waals surface area contributed by atoms with Crippen molar-refractivity contribution in [1.29, 1.82) is 0 Å². The van der Waals surface area contributed by atoms with Crippen LogP contribution in [0, 0.1) is 0 Å². The molecule has 0 fully saturated rings. The number of carboxylic acid groups (broad SMARTS) is 2. The first-order valence-electron chi connectivity index (χ1n) is 30.2. The van der Waals surface area contributed by atoms with Crippen LogP contribution in [0.5, 0.6) is 0 Å². The fourth-order valence-corrected chi connectivity index (χ4v) is 12.1. The van der Waals surface area contributed by atoms with Crippen LogP contribution < -0.4 is 10.2 Å². The fraction of sp³-hybridized carbons (Fsp3) is 0.472. The van der Waals surface area contributed by atoms with Crippen LogP contribution in [0.1, 0.15) is 239 Å². The van der Waals surface area contributed by atoms with E-state index in [4.69, 9.17) is 0 Å². The van der Waals surface area contributed by atoms with E-state index in [0.717, 1.165) is 71.9 Å². The molecule has 5 heteroatoms. The van der Waals surface area contributed by atoms with Gasteiger partial charge in [0.25, 0.3) is 0 Å². The Morgan fingerprint density at radius 1 is 0.299 bits per heavy atom. The van der Waals surface area contributed by atoms with Gasteiger partial charge in [0.05, 0.1) is 22.8 Å². The maximum absolute atomic E-state index is 13.3. The van der Waals surface area contributed by atoms with Gasteiger partial charge in [0, 0.05) is 11.8 Å². The molecule has 0 aromatic heterocycles. The Labute approximate surface area is 487 Å². The van der Waals surface area contributed by atoms with E-state index in [9.17, 15) is 19.8 Å². The minimum Gasteiger partial charge on any atom is -0.549 e. The Kier molecular flexibility index (Phi) is 32.5. The second-order valence-corrected chi connectivity index (χ2v) is 21.6. The van der Waals surface area contributed by atoms with Crippen LogP contribution in [-0.2, 0) is 20.4 Å². The van der Waals surface area contributed by atoms with Crippen LogP contribution in [0.25, 0.3) is 0 Å². The molecule has 2 unspecified atom stereocenters. The van der Waals surface area contributed by atoms with Crippen LogP contribution in [0.4, 0.5) is 0 Å². The summed E-state index contributed by atoms with van der Waals surface area (Å²) in [7, 11) is 0. The first-order chi connectivity index (χ1) is 37.4. The second-order valence-electron chi connectivity index (χ2n) is 21.6. The Hall–Kier alpha value is -4.82. The maximum atomic E-state index is 13.3. The molecule has 0 aliphatic rings. The summed E-state index contributed by atoms with van der Waals surface area (Å²) in [6.45, 7) is 4.54. The number of hydrogen-bond acceptors (Lipinski definition) is 4. The normalized spacial score (nSPS) is 12.2. The summed E-state index contributed by atoms with van der Waals surface area (Å²) in [5.41, 5.74) is 2.77. The zero-order chi connectivity index (χ0) is 53.8. The summed E-state index contributed by atoms with van der Waals surface area (Å²) >= 11 is 0. The molecule has 0 aliphatic carbocycles. The van der Waals surface area contributed by atoms with E-state index in [1.807, 2.05) is 158 Å². The molecule has 6 aromatic carbocycles. The van der Waals surface area contributed by atoms with Gasteiger partial charge < -0.3 is 19.8 Å². The zero-order valence-electron chi connectivity index (χ0n) is 47.4. The van der Waals surface area contributed by atoms with Crippen molar-refractivity contribution in [3.63, 3.8) is 0 Å². The summed E-state index contributed by atoms with van der Waals surface area (Å²) < 4.78 is 0. The molecule has 0 aliphatic heterocycles. The number of aliphatic carboxylic acids is 2. The minimum absolute atomic E-state index is 0. The molecule has 2 atom stereocenters. The molecule has 2 radical (unpaired) electrons. The first kappa shape index (κ1) is 64.7. The number of unbranched alkanes of at least 4 members (excludes halogenated alkanes) is 24. The van der Waals surface area contributed by atoms with Crippen molar-refractivity contribution in [3.05, 3.63) is 215 Å². The molecule has 0 bridgehead atoms. The number of rotatable bonds is 38. The third kappa shape index (κ3) is 20.4. The zero-order valence-corrected chi connectivity index (χ0v) is 51.3. The van der Waals surface area contributed by atoms with E-state index in [1.54, 1.807) is 0 Å². The molecule has 0 spiro atoms. The fourth-order valence-electron chi connectivity index (χ4n) is 12.1. The Balaban J connectivity index is 0.000000328. The van der Waals surface area contributed by atoms with Crippen molar-refractivity contribution < 1.29 is 19.8 Å².